The van der Waals surface area contributed by atoms with E-state index in [0.29, 0.717) is 44.8 Å². The lowest BCUT2D eigenvalue weighted by molar-refractivity contribution is -0.145. The van der Waals surface area contributed by atoms with Crippen LogP contribution in [0.1, 0.15) is 39.5 Å². The van der Waals surface area contributed by atoms with Crippen molar-refractivity contribution in [2.45, 2.75) is 57.7 Å². The molecule has 0 N–H and O–H groups in total. The van der Waals surface area contributed by atoms with Crippen molar-refractivity contribution in [1.82, 2.24) is 14.7 Å². The predicted molar refractivity (Wildman–Crippen MR) is 105 cm³/mol. The Morgan fingerprint density at radius 1 is 1.07 bits per heavy atom. The minimum Gasteiger partial charge on any atom is -0.381 e. The number of hydrogen-bond donors (Lipinski definition) is 0. The fraction of sp³-hybridized carbons (Fsp3) is 0.905. The Morgan fingerprint density at radius 2 is 1.75 bits per heavy atom. The summed E-state index contributed by atoms with van der Waals surface area (Å²) in [5.41, 5.74) is 0. The van der Waals surface area contributed by atoms with Crippen LogP contribution in [-0.2, 0) is 19.1 Å². The van der Waals surface area contributed by atoms with Crippen molar-refractivity contribution in [3.63, 3.8) is 0 Å². The summed E-state index contributed by atoms with van der Waals surface area (Å²) in [6.45, 7) is 9.95. The van der Waals surface area contributed by atoms with Crippen molar-refractivity contribution in [3.8, 4) is 0 Å². The molecule has 7 nitrogen and oxygen atoms in total. The molecule has 0 aromatic carbocycles. The summed E-state index contributed by atoms with van der Waals surface area (Å²) in [7, 11) is 0. The molecule has 4 heterocycles. The first-order valence-electron chi connectivity index (χ1n) is 11.0. The Morgan fingerprint density at radius 3 is 2.43 bits per heavy atom. The first-order chi connectivity index (χ1) is 13.5. The molecule has 0 saturated carbocycles. The highest BCUT2D eigenvalue weighted by Gasteiger charge is 2.51. The van der Waals surface area contributed by atoms with Crippen molar-refractivity contribution in [1.29, 1.82) is 0 Å². The fourth-order valence-corrected chi connectivity index (χ4v) is 5.54. The summed E-state index contributed by atoms with van der Waals surface area (Å²) in [5, 5.41) is 0. The van der Waals surface area contributed by atoms with Crippen molar-refractivity contribution in [2.75, 3.05) is 52.6 Å². The third kappa shape index (κ3) is 4.07. The van der Waals surface area contributed by atoms with Crippen LogP contribution in [0.4, 0.5) is 0 Å². The molecule has 4 fully saturated rings. The molecule has 3 atom stereocenters. The standard InChI is InChI=1S/C21H35N3O4/c1-15(2)11-19-18(21(26)22-5-9-28-10-6-22)12-17-13-23(14-20(25)24(17)19)16-3-7-27-8-4-16/h15-19H,3-14H2,1-2H3/t17-,18-,19-/m1/s1. The molecule has 0 aromatic heterocycles. The average molecular weight is 394 g/mol. The lowest BCUT2D eigenvalue weighted by atomic mass is 9.90. The van der Waals surface area contributed by atoms with E-state index >= 15 is 0 Å². The summed E-state index contributed by atoms with van der Waals surface area (Å²) in [6.07, 6.45) is 3.72. The van der Waals surface area contributed by atoms with E-state index in [4.69, 9.17) is 9.47 Å². The lowest BCUT2D eigenvalue weighted by Gasteiger charge is -2.44. The zero-order chi connectivity index (χ0) is 19.7. The van der Waals surface area contributed by atoms with Crippen LogP contribution < -0.4 is 0 Å². The van der Waals surface area contributed by atoms with Crippen LogP contribution in [0.15, 0.2) is 0 Å². The van der Waals surface area contributed by atoms with E-state index in [1.54, 1.807) is 0 Å². The van der Waals surface area contributed by atoms with Gasteiger partial charge in [-0.05, 0) is 31.6 Å². The Balaban J connectivity index is 1.50. The molecule has 0 spiro atoms. The van der Waals surface area contributed by atoms with Crippen molar-refractivity contribution < 1.29 is 19.1 Å². The quantitative estimate of drug-likeness (QED) is 0.712. The first-order valence-corrected chi connectivity index (χ1v) is 11.0. The maximum atomic E-state index is 13.3. The topological polar surface area (TPSA) is 62.3 Å². The highest BCUT2D eigenvalue weighted by Crippen LogP contribution is 2.38. The van der Waals surface area contributed by atoms with Crippen molar-refractivity contribution >= 4 is 11.8 Å². The fourth-order valence-electron chi connectivity index (χ4n) is 5.54. The number of piperazine rings is 1. The van der Waals surface area contributed by atoms with Gasteiger partial charge in [0.05, 0.1) is 25.7 Å². The van der Waals surface area contributed by atoms with Gasteiger partial charge in [0.1, 0.15) is 0 Å². The normalized spacial score (nSPS) is 32.8. The second-order valence-corrected chi connectivity index (χ2v) is 9.20. The van der Waals surface area contributed by atoms with Gasteiger partial charge in [0.25, 0.3) is 0 Å². The number of nitrogens with zero attached hydrogens (tertiary/aromatic N) is 3. The summed E-state index contributed by atoms with van der Waals surface area (Å²) in [5.74, 6) is 0.841. The van der Waals surface area contributed by atoms with Crippen LogP contribution in [0.3, 0.4) is 0 Å². The average Bonchev–Trinajstić information content (AvgIpc) is 3.07. The number of fused-ring (bicyclic) bond motifs is 1. The van der Waals surface area contributed by atoms with Gasteiger partial charge in [-0.2, -0.15) is 0 Å². The maximum Gasteiger partial charge on any atom is 0.237 e. The molecule has 0 radical (unpaired) electrons. The molecule has 158 valence electrons. The molecule has 0 unspecified atom stereocenters. The molecule has 28 heavy (non-hydrogen) atoms. The van der Waals surface area contributed by atoms with Gasteiger partial charge in [-0.3, -0.25) is 14.5 Å². The van der Waals surface area contributed by atoms with E-state index in [1.165, 1.54) is 0 Å². The SMILES string of the molecule is CC(C)C[C@@H]1[C@H](C(=O)N2CCOCC2)C[C@@H]2CN(C3CCOCC3)CC(=O)N21. The number of hydrogen-bond acceptors (Lipinski definition) is 5. The first kappa shape index (κ1) is 20.1. The minimum absolute atomic E-state index is 0.0460. The van der Waals surface area contributed by atoms with Gasteiger partial charge in [0.15, 0.2) is 0 Å². The largest absolute Gasteiger partial charge is 0.381 e. The third-order valence-corrected chi connectivity index (χ3v) is 6.87. The third-order valence-electron chi connectivity index (χ3n) is 6.87. The van der Waals surface area contributed by atoms with Gasteiger partial charge in [-0.15, -0.1) is 0 Å². The van der Waals surface area contributed by atoms with Crippen LogP contribution in [-0.4, -0.2) is 97.2 Å². The maximum absolute atomic E-state index is 13.3. The van der Waals surface area contributed by atoms with E-state index in [-0.39, 0.29) is 29.8 Å². The molecule has 0 aromatic rings. The van der Waals surface area contributed by atoms with Gasteiger partial charge in [-0.1, -0.05) is 13.8 Å². The molecule has 4 saturated heterocycles. The molecule has 0 aliphatic carbocycles. The van der Waals surface area contributed by atoms with Crippen LogP contribution in [0.2, 0.25) is 0 Å². The van der Waals surface area contributed by atoms with E-state index in [1.807, 2.05) is 4.90 Å². The smallest absolute Gasteiger partial charge is 0.237 e. The second-order valence-electron chi connectivity index (χ2n) is 9.20. The zero-order valence-corrected chi connectivity index (χ0v) is 17.3. The second kappa shape index (κ2) is 8.67. The Labute approximate surface area is 168 Å². The molecule has 4 aliphatic rings. The van der Waals surface area contributed by atoms with Gasteiger partial charge < -0.3 is 19.3 Å². The van der Waals surface area contributed by atoms with Crippen molar-refractivity contribution in [3.05, 3.63) is 0 Å². The minimum atomic E-state index is -0.0657. The van der Waals surface area contributed by atoms with Crippen LogP contribution >= 0.6 is 0 Å². The number of carbonyl (C=O) groups is 2. The van der Waals surface area contributed by atoms with E-state index in [9.17, 15) is 9.59 Å². The van der Waals surface area contributed by atoms with Crippen molar-refractivity contribution in [2.24, 2.45) is 11.8 Å². The van der Waals surface area contributed by atoms with Crippen LogP contribution in [0, 0.1) is 11.8 Å². The number of carbonyl (C=O) groups excluding carboxylic acids is 2. The highest BCUT2D eigenvalue weighted by atomic mass is 16.5. The van der Waals surface area contributed by atoms with Gasteiger partial charge in [0, 0.05) is 51.0 Å². The van der Waals surface area contributed by atoms with E-state index in [2.05, 4.69) is 23.6 Å². The highest BCUT2D eigenvalue weighted by molar-refractivity contribution is 5.85. The summed E-state index contributed by atoms with van der Waals surface area (Å²) in [6, 6.07) is 0.657. The number of amides is 2. The zero-order valence-electron chi connectivity index (χ0n) is 17.3. The molecular weight excluding hydrogens is 358 g/mol. The molecule has 4 aliphatic heterocycles. The Bertz CT molecular complexity index is 572. The predicted octanol–water partition coefficient (Wildman–Crippen LogP) is 0.972. The number of rotatable bonds is 4. The van der Waals surface area contributed by atoms with Gasteiger partial charge in [-0.25, -0.2) is 0 Å². The Kier molecular flexibility index (Phi) is 6.23. The Hall–Kier alpha value is -1.18. The van der Waals surface area contributed by atoms with E-state index in [0.717, 1.165) is 45.4 Å². The van der Waals surface area contributed by atoms with Crippen LogP contribution in [0.5, 0.6) is 0 Å². The monoisotopic (exact) mass is 393 g/mol. The lowest BCUT2D eigenvalue weighted by Crippen LogP contribution is -2.59. The molecule has 4 rings (SSSR count). The van der Waals surface area contributed by atoms with Gasteiger partial charge in [0.2, 0.25) is 11.8 Å². The summed E-state index contributed by atoms with van der Waals surface area (Å²) < 4.78 is 10.9. The number of morpholine rings is 1. The molecule has 0 bridgehead atoms. The van der Waals surface area contributed by atoms with Gasteiger partial charge >= 0.3 is 0 Å². The summed E-state index contributed by atoms with van der Waals surface area (Å²) in [4.78, 5) is 32.9. The number of ether oxygens (including phenoxy) is 2. The molecule has 2 amide bonds. The van der Waals surface area contributed by atoms with E-state index < -0.39 is 0 Å². The van der Waals surface area contributed by atoms with Crippen LogP contribution in [0.25, 0.3) is 0 Å². The molecule has 7 heteroatoms. The summed E-state index contributed by atoms with van der Waals surface area (Å²) >= 11 is 0. The molecular formula is C21H35N3O4.